The normalized spacial score (nSPS) is 11.0. The van der Waals surface area contributed by atoms with Crippen molar-refractivity contribution in [1.29, 1.82) is 0 Å². The number of nitrogens with zero attached hydrogens (tertiary/aromatic N) is 2. The highest BCUT2D eigenvalue weighted by atomic mass is 79.9. The standard InChI is InChI=1S/C20H15BrFN3/c21-15-10-11-18-24-19(16-8-4-5-9-17(16)22)20(25(18)13-15)23-12-14-6-2-1-3-7-14/h1-11,13,23H,12H2. The van der Waals surface area contributed by atoms with Crippen molar-refractivity contribution in [1.82, 2.24) is 9.38 Å². The Balaban J connectivity index is 1.83. The highest BCUT2D eigenvalue weighted by Crippen LogP contribution is 2.31. The average molecular weight is 396 g/mol. The van der Waals surface area contributed by atoms with Crippen LogP contribution in [0.2, 0.25) is 0 Å². The molecule has 2 aromatic carbocycles. The van der Waals surface area contributed by atoms with E-state index in [2.05, 4.69) is 38.4 Å². The van der Waals surface area contributed by atoms with Gasteiger partial charge in [0.25, 0.3) is 0 Å². The Hall–Kier alpha value is -2.66. The largest absolute Gasteiger partial charge is 0.365 e. The molecule has 0 radical (unpaired) electrons. The molecule has 1 N–H and O–H groups in total. The van der Waals surface area contributed by atoms with Gasteiger partial charge in [-0.1, -0.05) is 42.5 Å². The highest BCUT2D eigenvalue weighted by Gasteiger charge is 2.17. The number of rotatable bonds is 4. The van der Waals surface area contributed by atoms with Crippen LogP contribution in [0.3, 0.4) is 0 Å². The number of fused-ring (bicyclic) bond motifs is 1. The predicted molar refractivity (Wildman–Crippen MR) is 102 cm³/mol. The van der Waals surface area contributed by atoms with E-state index in [1.165, 1.54) is 6.07 Å². The molecule has 2 aromatic heterocycles. The van der Waals surface area contributed by atoms with E-state index in [-0.39, 0.29) is 5.82 Å². The van der Waals surface area contributed by atoms with Gasteiger partial charge >= 0.3 is 0 Å². The molecule has 5 heteroatoms. The first-order valence-electron chi connectivity index (χ1n) is 7.93. The second-order valence-corrected chi connectivity index (χ2v) is 6.62. The van der Waals surface area contributed by atoms with Gasteiger partial charge in [-0.25, -0.2) is 9.37 Å². The van der Waals surface area contributed by atoms with Crippen molar-refractivity contribution in [2.45, 2.75) is 6.54 Å². The van der Waals surface area contributed by atoms with Crippen LogP contribution in [-0.2, 0) is 6.54 Å². The van der Waals surface area contributed by atoms with Gasteiger partial charge in [-0.2, -0.15) is 0 Å². The van der Waals surface area contributed by atoms with E-state index in [0.29, 0.717) is 17.8 Å². The Labute approximate surface area is 153 Å². The first kappa shape index (κ1) is 15.8. The number of pyridine rings is 1. The number of aromatic nitrogens is 2. The van der Waals surface area contributed by atoms with Gasteiger partial charge in [-0.15, -0.1) is 0 Å². The molecule has 0 spiro atoms. The van der Waals surface area contributed by atoms with Gasteiger partial charge in [0.2, 0.25) is 0 Å². The number of halogens is 2. The molecule has 0 bridgehead atoms. The summed E-state index contributed by atoms with van der Waals surface area (Å²) in [5.74, 6) is 0.484. The van der Waals surface area contributed by atoms with Gasteiger partial charge in [0.1, 0.15) is 23.0 Å². The molecule has 0 saturated carbocycles. The molecule has 4 aromatic rings. The van der Waals surface area contributed by atoms with Gasteiger partial charge in [0.15, 0.2) is 0 Å². The molecule has 0 atom stereocenters. The topological polar surface area (TPSA) is 29.3 Å². The molecular weight excluding hydrogens is 381 g/mol. The molecule has 0 aliphatic carbocycles. The van der Waals surface area contributed by atoms with Crippen LogP contribution in [0.25, 0.3) is 16.9 Å². The lowest BCUT2D eigenvalue weighted by atomic mass is 10.1. The lowest BCUT2D eigenvalue weighted by molar-refractivity contribution is 0.631. The first-order chi connectivity index (χ1) is 12.2. The maximum Gasteiger partial charge on any atom is 0.139 e. The summed E-state index contributed by atoms with van der Waals surface area (Å²) in [5.41, 5.74) is 2.99. The summed E-state index contributed by atoms with van der Waals surface area (Å²) in [4.78, 5) is 4.64. The van der Waals surface area contributed by atoms with E-state index in [1.807, 2.05) is 47.0 Å². The third kappa shape index (κ3) is 3.15. The molecule has 2 heterocycles. The van der Waals surface area contributed by atoms with Gasteiger partial charge in [-0.05, 0) is 45.8 Å². The smallest absolute Gasteiger partial charge is 0.139 e. The highest BCUT2D eigenvalue weighted by molar-refractivity contribution is 9.10. The fourth-order valence-electron chi connectivity index (χ4n) is 2.81. The Morgan fingerprint density at radius 1 is 0.960 bits per heavy atom. The van der Waals surface area contributed by atoms with E-state index in [1.54, 1.807) is 12.1 Å². The third-order valence-corrected chi connectivity index (χ3v) is 4.48. The monoisotopic (exact) mass is 395 g/mol. The van der Waals surface area contributed by atoms with Crippen LogP contribution in [0.4, 0.5) is 10.2 Å². The summed E-state index contributed by atoms with van der Waals surface area (Å²) in [5, 5.41) is 3.42. The average Bonchev–Trinajstić information content (AvgIpc) is 2.99. The minimum Gasteiger partial charge on any atom is -0.365 e. The van der Waals surface area contributed by atoms with E-state index >= 15 is 0 Å². The molecular formula is C20H15BrFN3. The van der Waals surface area contributed by atoms with Crippen molar-refractivity contribution in [3.05, 3.63) is 88.8 Å². The number of benzene rings is 2. The van der Waals surface area contributed by atoms with E-state index in [4.69, 9.17) is 0 Å². The summed E-state index contributed by atoms with van der Waals surface area (Å²) in [6.07, 6.45) is 1.93. The van der Waals surface area contributed by atoms with Gasteiger partial charge in [0, 0.05) is 22.8 Å². The fraction of sp³-hybridized carbons (Fsp3) is 0.0500. The molecule has 124 valence electrons. The Kier molecular flexibility index (Phi) is 4.24. The molecule has 0 aliphatic heterocycles. The molecule has 4 rings (SSSR count). The molecule has 0 amide bonds. The summed E-state index contributed by atoms with van der Waals surface area (Å²) >= 11 is 3.49. The minimum atomic E-state index is -0.285. The molecule has 0 aliphatic rings. The molecule has 0 fully saturated rings. The molecule has 3 nitrogen and oxygen atoms in total. The van der Waals surface area contributed by atoms with Crippen molar-refractivity contribution in [3.8, 4) is 11.3 Å². The molecule has 0 unspecified atom stereocenters. The van der Waals surface area contributed by atoms with Crippen molar-refractivity contribution in [2.24, 2.45) is 0 Å². The third-order valence-electron chi connectivity index (χ3n) is 4.01. The quantitative estimate of drug-likeness (QED) is 0.493. The lowest BCUT2D eigenvalue weighted by Gasteiger charge is -2.10. The zero-order chi connectivity index (χ0) is 17.2. The predicted octanol–water partition coefficient (Wildman–Crippen LogP) is 5.52. The van der Waals surface area contributed by atoms with Crippen LogP contribution >= 0.6 is 15.9 Å². The van der Waals surface area contributed by atoms with E-state index in [9.17, 15) is 4.39 Å². The summed E-state index contributed by atoms with van der Waals surface area (Å²) in [6, 6.07) is 20.6. The number of nitrogens with one attached hydrogen (secondary N) is 1. The Morgan fingerprint density at radius 2 is 1.72 bits per heavy atom. The van der Waals surface area contributed by atoms with E-state index in [0.717, 1.165) is 21.5 Å². The second-order valence-electron chi connectivity index (χ2n) is 5.70. The SMILES string of the molecule is Fc1ccccc1-c1nc2ccc(Br)cn2c1NCc1ccccc1. The second kappa shape index (κ2) is 6.69. The number of hydrogen-bond donors (Lipinski definition) is 1. The van der Waals surface area contributed by atoms with Crippen LogP contribution in [0.15, 0.2) is 77.4 Å². The van der Waals surface area contributed by atoms with Gasteiger partial charge in [-0.3, -0.25) is 4.40 Å². The van der Waals surface area contributed by atoms with Crippen molar-refractivity contribution >= 4 is 27.4 Å². The number of hydrogen-bond acceptors (Lipinski definition) is 2. The van der Waals surface area contributed by atoms with Crippen LogP contribution in [0.5, 0.6) is 0 Å². The number of anilines is 1. The van der Waals surface area contributed by atoms with Crippen molar-refractivity contribution in [3.63, 3.8) is 0 Å². The summed E-state index contributed by atoms with van der Waals surface area (Å²) in [7, 11) is 0. The maximum absolute atomic E-state index is 14.3. The molecule has 25 heavy (non-hydrogen) atoms. The fourth-order valence-corrected chi connectivity index (χ4v) is 3.15. The van der Waals surface area contributed by atoms with Gasteiger partial charge < -0.3 is 5.32 Å². The Morgan fingerprint density at radius 3 is 2.52 bits per heavy atom. The van der Waals surface area contributed by atoms with Crippen LogP contribution in [-0.4, -0.2) is 9.38 Å². The Bertz CT molecular complexity index is 1030. The summed E-state index contributed by atoms with van der Waals surface area (Å²) < 4.78 is 17.2. The molecule has 0 saturated heterocycles. The summed E-state index contributed by atoms with van der Waals surface area (Å²) in [6.45, 7) is 0.628. The van der Waals surface area contributed by atoms with Crippen LogP contribution in [0.1, 0.15) is 5.56 Å². The maximum atomic E-state index is 14.3. The van der Waals surface area contributed by atoms with Gasteiger partial charge in [0.05, 0.1) is 0 Å². The first-order valence-corrected chi connectivity index (χ1v) is 8.72. The van der Waals surface area contributed by atoms with Crippen LogP contribution < -0.4 is 5.32 Å². The van der Waals surface area contributed by atoms with Crippen LogP contribution in [0, 0.1) is 5.82 Å². The van der Waals surface area contributed by atoms with E-state index < -0.39 is 0 Å². The van der Waals surface area contributed by atoms with Crippen molar-refractivity contribution < 1.29 is 4.39 Å². The zero-order valence-corrected chi connectivity index (χ0v) is 14.9. The zero-order valence-electron chi connectivity index (χ0n) is 13.3. The lowest BCUT2D eigenvalue weighted by Crippen LogP contribution is -2.03. The van der Waals surface area contributed by atoms with Crippen molar-refractivity contribution in [2.75, 3.05) is 5.32 Å². The minimum absolute atomic E-state index is 0.285. The number of imidazole rings is 1.